The van der Waals surface area contributed by atoms with Gasteiger partial charge in [0.25, 0.3) is 0 Å². The van der Waals surface area contributed by atoms with Crippen LogP contribution in [-0.4, -0.2) is 60.4 Å². The van der Waals surface area contributed by atoms with E-state index in [1.807, 2.05) is 6.92 Å². The molecule has 0 radical (unpaired) electrons. The Labute approximate surface area is 122 Å². The number of carboxylic acids is 1. The summed E-state index contributed by atoms with van der Waals surface area (Å²) in [7, 11) is 1.77. The highest BCUT2D eigenvalue weighted by atomic mass is 16.5. The number of hydrogen-bond acceptors (Lipinski definition) is 4. The Morgan fingerprint density at radius 1 is 1.55 bits per heavy atom. The lowest BCUT2D eigenvalue weighted by atomic mass is 9.93. The summed E-state index contributed by atoms with van der Waals surface area (Å²) in [6.07, 6.45) is 3.78. The molecule has 2 N–H and O–H groups in total. The quantitative estimate of drug-likeness (QED) is 0.711. The van der Waals surface area contributed by atoms with E-state index in [1.54, 1.807) is 14.0 Å². The fourth-order valence-electron chi connectivity index (χ4n) is 2.98. The van der Waals surface area contributed by atoms with E-state index in [0.717, 1.165) is 38.9 Å². The zero-order chi connectivity index (χ0) is 15.2. The molecule has 1 aliphatic rings. The van der Waals surface area contributed by atoms with Crippen molar-refractivity contribution in [3.8, 4) is 0 Å². The van der Waals surface area contributed by atoms with Crippen molar-refractivity contribution in [2.75, 3.05) is 33.3 Å². The lowest BCUT2D eigenvalue weighted by Crippen LogP contribution is -2.50. The Hall–Kier alpha value is -0.650. The molecule has 1 saturated heterocycles. The number of methoxy groups -OCH3 is 1. The number of piperidine rings is 1. The molecule has 1 heterocycles. The molecule has 5 heteroatoms. The Balaban J connectivity index is 2.41. The molecule has 1 aliphatic heterocycles. The van der Waals surface area contributed by atoms with Gasteiger partial charge in [0.05, 0.1) is 5.60 Å². The van der Waals surface area contributed by atoms with Crippen LogP contribution in [0.3, 0.4) is 0 Å². The molecule has 0 aromatic rings. The van der Waals surface area contributed by atoms with Crippen molar-refractivity contribution in [2.45, 2.75) is 57.6 Å². The molecule has 0 amide bonds. The number of nitrogens with zero attached hydrogens (tertiary/aromatic N) is 1. The topological polar surface area (TPSA) is 61.8 Å². The third-order valence-electron chi connectivity index (χ3n) is 4.42. The molecule has 0 bridgehead atoms. The van der Waals surface area contributed by atoms with Crippen molar-refractivity contribution in [1.29, 1.82) is 0 Å². The minimum absolute atomic E-state index is 0.0456. The van der Waals surface area contributed by atoms with E-state index in [9.17, 15) is 9.90 Å². The number of carbonyl (C=O) groups is 1. The Morgan fingerprint density at radius 3 is 2.80 bits per heavy atom. The molecule has 0 saturated carbocycles. The largest absolute Gasteiger partial charge is 0.480 e. The van der Waals surface area contributed by atoms with Crippen LogP contribution in [-0.2, 0) is 9.53 Å². The SMILES string of the molecule is CCNC(C)(CCCN1CCCC(C)(OC)C1)C(=O)O. The van der Waals surface area contributed by atoms with Gasteiger partial charge in [-0.2, -0.15) is 0 Å². The monoisotopic (exact) mass is 286 g/mol. The molecule has 20 heavy (non-hydrogen) atoms. The van der Waals surface area contributed by atoms with Crippen molar-refractivity contribution in [2.24, 2.45) is 0 Å². The van der Waals surface area contributed by atoms with Crippen LogP contribution in [0.5, 0.6) is 0 Å². The average Bonchev–Trinajstić information content (AvgIpc) is 2.39. The van der Waals surface area contributed by atoms with Crippen LogP contribution in [0.4, 0.5) is 0 Å². The highest BCUT2D eigenvalue weighted by Gasteiger charge is 2.33. The number of likely N-dealkylation sites (tertiary alicyclic amines) is 1. The minimum Gasteiger partial charge on any atom is -0.480 e. The van der Waals surface area contributed by atoms with Crippen molar-refractivity contribution in [1.82, 2.24) is 10.2 Å². The number of nitrogens with one attached hydrogen (secondary N) is 1. The molecule has 0 aromatic heterocycles. The van der Waals surface area contributed by atoms with Crippen LogP contribution in [0.15, 0.2) is 0 Å². The summed E-state index contributed by atoms with van der Waals surface area (Å²) >= 11 is 0. The van der Waals surface area contributed by atoms with Crippen LogP contribution in [0.1, 0.15) is 46.5 Å². The minimum atomic E-state index is -0.810. The molecule has 118 valence electrons. The molecular weight excluding hydrogens is 256 g/mol. The Kier molecular flexibility index (Phi) is 6.43. The number of ether oxygens (including phenoxy) is 1. The van der Waals surface area contributed by atoms with Gasteiger partial charge in [0.1, 0.15) is 5.54 Å². The fraction of sp³-hybridized carbons (Fsp3) is 0.933. The Morgan fingerprint density at radius 2 is 2.25 bits per heavy atom. The summed E-state index contributed by atoms with van der Waals surface area (Å²) in [5.41, 5.74) is -0.856. The maximum Gasteiger partial charge on any atom is 0.323 e. The van der Waals surface area contributed by atoms with E-state index in [0.29, 0.717) is 13.0 Å². The molecule has 0 aromatic carbocycles. The predicted octanol–water partition coefficient (Wildman–Crippen LogP) is 1.72. The molecule has 2 unspecified atom stereocenters. The second kappa shape index (κ2) is 7.38. The van der Waals surface area contributed by atoms with Crippen molar-refractivity contribution < 1.29 is 14.6 Å². The van der Waals surface area contributed by atoms with Gasteiger partial charge in [-0.15, -0.1) is 0 Å². The number of likely N-dealkylation sites (N-methyl/N-ethyl adjacent to an activating group) is 1. The second-order valence-electron chi connectivity index (χ2n) is 6.30. The lowest BCUT2D eigenvalue weighted by Gasteiger charge is -2.39. The summed E-state index contributed by atoms with van der Waals surface area (Å²) in [5.74, 6) is -0.764. The van der Waals surface area contributed by atoms with Gasteiger partial charge in [-0.25, -0.2) is 0 Å². The molecule has 2 atom stereocenters. The van der Waals surface area contributed by atoms with Gasteiger partial charge >= 0.3 is 5.97 Å². The lowest BCUT2D eigenvalue weighted by molar-refractivity contribution is -0.144. The van der Waals surface area contributed by atoms with Crippen molar-refractivity contribution in [3.05, 3.63) is 0 Å². The first-order valence-corrected chi connectivity index (χ1v) is 7.61. The molecule has 0 aliphatic carbocycles. The van der Waals surface area contributed by atoms with Crippen LogP contribution >= 0.6 is 0 Å². The molecule has 1 fully saturated rings. The molecule has 5 nitrogen and oxygen atoms in total. The van der Waals surface area contributed by atoms with E-state index < -0.39 is 11.5 Å². The van der Waals surface area contributed by atoms with E-state index in [1.165, 1.54) is 0 Å². The van der Waals surface area contributed by atoms with E-state index in [2.05, 4.69) is 17.1 Å². The van der Waals surface area contributed by atoms with Crippen LogP contribution in [0.25, 0.3) is 0 Å². The van der Waals surface area contributed by atoms with E-state index >= 15 is 0 Å². The molecular formula is C15H30N2O3. The highest BCUT2D eigenvalue weighted by molar-refractivity contribution is 5.78. The van der Waals surface area contributed by atoms with Crippen LogP contribution < -0.4 is 5.32 Å². The van der Waals surface area contributed by atoms with E-state index in [-0.39, 0.29) is 5.60 Å². The van der Waals surface area contributed by atoms with Gasteiger partial charge in [0.15, 0.2) is 0 Å². The summed E-state index contributed by atoms with van der Waals surface area (Å²) in [5, 5.41) is 12.4. The van der Waals surface area contributed by atoms with Gasteiger partial charge < -0.3 is 20.1 Å². The predicted molar refractivity (Wildman–Crippen MR) is 80.0 cm³/mol. The first-order valence-electron chi connectivity index (χ1n) is 7.61. The van der Waals surface area contributed by atoms with Gasteiger partial charge in [-0.3, -0.25) is 4.79 Å². The molecule has 0 spiro atoms. The zero-order valence-corrected chi connectivity index (χ0v) is 13.4. The number of aliphatic carboxylic acids is 1. The van der Waals surface area contributed by atoms with Crippen molar-refractivity contribution >= 4 is 5.97 Å². The highest BCUT2D eigenvalue weighted by Crippen LogP contribution is 2.24. The zero-order valence-electron chi connectivity index (χ0n) is 13.4. The third-order valence-corrected chi connectivity index (χ3v) is 4.42. The first kappa shape index (κ1) is 17.4. The summed E-state index contributed by atoms with van der Waals surface area (Å²) in [4.78, 5) is 13.7. The van der Waals surface area contributed by atoms with Crippen molar-refractivity contribution in [3.63, 3.8) is 0 Å². The first-order chi connectivity index (χ1) is 9.35. The van der Waals surface area contributed by atoms with Gasteiger partial charge in [-0.1, -0.05) is 6.92 Å². The fourth-order valence-corrected chi connectivity index (χ4v) is 2.98. The maximum atomic E-state index is 11.3. The molecule has 1 rings (SSSR count). The average molecular weight is 286 g/mol. The second-order valence-corrected chi connectivity index (χ2v) is 6.30. The number of hydrogen-bond donors (Lipinski definition) is 2. The maximum absolute atomic E-state index is 11.3. The number of carboxylic acid groups (broad SMARTS) is 1. The summed E-state index contributed by atoms with van der Waals surface area (Å²) in [6.45, 7) is 9.50. The normalized spacial score (nSPS) is 27.2. The van der Waals surface area contributed by atoms with Crippen LogP contribution in [0.2, 0.25) is 0 Å². The standard InChI is InChI=1S/C15H30N2O3/c1-5-16-15(3,13(18)19)9-7-11-17-10-6-8-14(2,12-17)20-4/h16H,5-12H2,1-4H3,(H,18,19). The van der Waals surface area contributed by atoms with Gasteiger partial charge in [0, 0.05) is 13.7 Å². The van der Waals surface area contributed by atoms with Gasteiger partial charge in [0.2, 0.25) is 0 Å². The third kappa shape index (κ3) is 4.72. The van der Waals surface area contributed by atoms with Gasteiger partial charge in [-0.05, 0) is 59.2 Å². The van der Waals surface area contributed by atoms with E-state index in [4.69, 9.17) is 4.74 Å². The summed E-state index contributed by atoms with van der Waals surface area (Å²) < 4.78 is 5.58. The number of rotatable bonds is 8. The summed E-state index contributed by atoms with van der Waals surface area (Å²) in [6, 6.07) is 0. The smallest absolute Gasteiger partial charge is 0.323 e. The van der Waals surface area contributed by atoms with Crippen LogP contribution in [0, 0.1) is 0 Å². The Bertz CT molecular complexity index is 324.